The first-order valence-electron chi connectivity index (χ1n) is 10.8. The van der Waals surface area contributed by atoms with E-state index in [2.05, 4.69) is 15.5 Å². The Balaban J connectivity index is 1.32. The molecule has 2 aliphatic rings. The summed E-state index contributed by atoms with van der Waals surface area (Å²) in [6.07, 6.45) is 1.45. The molecule has 1 fully saturated rings. The fourth-order valence-electron chi connectivity index (χ4n) is 3.79. The van der Waals surface area contributed by atoms with Crippen LogP contribution in [0.1, 0.15) is 30.1 Å². The molecule has 2 aromatic rings. The van der Waals surface area contributed by atoms with Gasteiger partial charge < -0.3 is 24.6 Å². The zero-order chi connectivity index (χ0) is 23.4. The molecule has 2 aliphatic heterocycles. The topological polar surface area (TPSA) is 83.1 Å². The summed E-state index contributed by atoms with van der Waals surface area (Å²) in [6, 6.07) is 10.5. The van der Waals surface area contributed by atoms with Gasteiger partial charge >= 0.3 is 0 Å². The Hall–Kier alpha value is -3.04. The second kappa shape index (κ2) is 10.3. The van der Waals surface area contributed by atoms with Gasteiger partial charge in [-0.2, -0.15) is 0 Å². The summed E-state index contributed by atoms with van der Waals surface area (Å²) in [5.74, 6) is 0.985. The smallest absolute Gasteiger partial charge is 0.257 e. The lowest BCUT2D eigenvalue weighted by atomic mass is 10.2. The molecule has 0 aliphatic carbocycles. The largest absolute Gasteiger partial charge is 0.454 e. The maximum absolute atomic E-state index is 12.5. The van der Waals surface area contributed by atoms with Crippen molar-refractivity contribution < 1.29 is 19.1 Å². The Morgan fingerprint density at radius 2 is 1.82 bits per heavy atom. The van der Waals surface area contributed by atoms with Crippen LogP contribution in [0.25, 0.3) is 0 Å². The maximum atomic E-state index is 12.5. The zero-order valence-electron chi connectivity index (χ0n) is 18.2. The number of nitrogens with one attached hydrogen (secondary N) is 2. The van der Waals surface area contributed by atoms with Crippen LogP contribution in [0.2, 0.25) is 5.02 Å². The number of benzene rings is 2. The highest BCUT2D eigenvalue weighted by molar-refractivity contribution is 7.80. The Kier molecular flexibility index (Phi) is 7.20. The first-order chi connectivity index (χ1) is 15.9. The molecule has 0 saturated carbocycles. The molecule has 8 nitrogen and oxygen atoms in total. The minimum Gasteiger partial charge on any atom is -0.454 e. The molecule has 2 N–H and O–H groups in total. The van der Waals surface area contributed by atoms with Gasteiger partial charge in [-0.1, -0.05) is 18.5 Å². The molecule has 33 heavy (non-hydrogen) atoms. The lowest BCUT2D eigenvalue weighted by Crippen LogP contribution is -2.48. The Morgan fingerprint density at radius 3 is 2.55 bits per heavy atom. The van der Waals surface area contributed by atoms with Crippen molar-refractivity contribution in [2.24, 2.45) is 0 Å². The molecule has 0 atom stereocenters. The summed E-state index contributed by atoms with van der Waals surface area (Å²) >= 11 is 11.8. The van der Waals surface area contributed by atoms with Gasteiger partial charge in [-0.25, -0.2) is 0 Å². The standard InChI is InChI=1S/C23H25ClN4O4S/c1-2-3-21(29)28-10-8-27(9-11-28)18-6-5-16(13-17(18)24)25-23(33)26-22(30)15-4-7-19-20(12-15)32-14-31-19/h4-7,12-13H,2-3,8-11,14H2,1H3,(H2,25,26,30,33). The molecule has 0 spiro atoms. The van der Waals surface area contributed by atoms with Gasteiger partial charge in [0.15, 0.2) is 16.6 Å². The number of piperazine rings is 1. The molecule has 0 unspecified atom stereocenters. The number of thiocarbonyl (C=S) groups is 1. The van der Waals surface area contributed by atoms with Crippen molar-refractivity contribution in [1.29, 1.82) is 0 Å². The molecule has 10 heteroatoms. The highest BCUT2D eigenvalue weighted by Crippen LogP contribution is 2.32. The van der Waals surface area contributed by atoms with E-state index in [4.69, 9.17) is 33.3 Å². The van der Waals surface area contributed by atoms with Crippen LogP contribution in [0.15, 0.2) is 36.4 Å². The summed E-state index contributed by atoms with van der Waals surface area (Å²) in [7, 11) is 0. The van der Waals surface area contributed by atoms with Crippen molar-refractivity contribution >= 4 is 52.1 Å². The molecule has 0 bridgehead atoms. The van der Waals surface area contributed by atoms with Crippen LogP contribution in [-0.4, -0.2) is 54.8 Å². The molecular weight excluding hydrogens is 464 g/mol. The summed E-state index contributed by atoms with van der Waals surface area (Å²) in [5.41, 5.74) is 1.98. The van der Waals surface area contributed by atoms with Gasteiger partial charge in [-0.3, -0.25) is 14.9 Å². The van der Waals surface area contributed by atoms with E-state index < -0.39 is 0 Å². The first kappa shape index (κ1) is 23.1. The number of nitrogens with zero attached hydrogens (tertiary/aromatic N) is 2. The number of amides is 2. The van der Waals surface area contributed by atoms with E-state index in [0.717, 1.165) is 25.2 Å². The van der Waals surface area contributed by atoms with E-state index in [1.165, 1.54) is 0 Å². The van der Waals surface area contributed by atoms with Crippen LogP contribution in [0.5, 0.6) is 11.5 Å². The highest BCUT2D eigenvalue weighted by Gasteiger charge is 2.22. The lowest BCUT2D eigenvalue weighted by Gasteiger charge is -2.36. The van der Waals surface area contributed by atoms with E-state index in [1.807, 2.05) is 24.0 Å². The van der Waals surface area contributed by atoms with Crippen molar-refractivity contribution in [3.05, 3.63) is 47.0 Å². The number of fused-ring (bicyclic) bond motifs is 1. The average molecular weight is 489 g/mol. The lowest BCUT2D eigenvalue weighted by molar-refractivity contribution is -0.131. The van der Waals surface area contributed by atoms with E-state index >= 15 is 0 Å². The number of ether oxygens (including phenoxy) is 2. The van der Waals surface area contributed by atoms with Crippen molar-refractivity contribution in [1.82, 2.24) is 10.2 Å². The molecule has 1 saturated heterocycles. The van der Waals surface area contributed by atoms with Crippen molar-refractivity contribution in [3.63, 3.8) is 0 Å². The van der Waals surface area contributed by atoms with Gasteiger partial charge in [-0.15, -0.1) is 0 Å². The number of rotatable bonds is 5. The monoisotopic (exact) mass is 488 g/mol. The third-order valence-electron chi connectivity index (χ3n) is 5.50. The summed E-state index contributed by atoms with van der Waals surface area (Å²) in [5, 5.41) is 6.37. The fraction of sp³-hybridized carbons (Fsp3) is 0.348. The molecule has 0 aromatic heterocycles. The Morgan fingerprint density at radius 1 is 1.06 bits per heavy atom. The number of hydrogen-bond donors (Lipinski definition) is 2. The second-order valence-corrected chi connectivity index (χ2v) is 8.58. The van der Waals surface area contributed by atoms with Gasteiger partial charge in [0.2, 0.25) is 12.7 Å². The van der Waals surface area contributed by atoms with Crippen molar-refractivity contribution in [2.45, 2.75) is 19.8 Å². The van der Waals surface area contributed by atoms with E-state index in [1.54, 1.807) is 24.3 Å². The molecule has 2 aromatic carbocycles. The fourth-order valence-corrected chi connectivity index (χ4v) is 4.30. The van der Waals surface area contributed by atoms with Gasteiger partial charge in [0.1, 0.15) is 0 Å². The number of carbonyl (C=O) groups excluding carboxylic acids is 2. The number of carbonyl (C=O) groups is 2. The molecule has 0 radical (unpaired) electrons. The zero-order valence-corrected chi connectivity index (χ0v) is 19.8. The predicted octanol–water partition coefficient (Wildman–Crippen LogP) is 3.64. The number of anilines is 2. The minimum absolute atomic E-state index is 0.143. The van der Waals surface area contributed by atoms with Gasteiger partial charge in [0, 0.05) is 43.9 Å². The SMILES string of the molecule is CCCC(=O)N1CCN(c2ccc(NC(=S)NC(=O)c3ccc4c(c3)OCO4)cc2Cl)CC1. The number of hydrogen-bond acceptors (Lipinski definition) is 6. The van der Waals surface area contributed by atoms with Crippen molar-refractivity contribution in [2.75, 3.05) is 43.2 Å². The predicted molar refractivity (Wildman–Crippen MR) is 131 cm³/mol. The summed E-state index contributed by atoms with van der Waals surface area (Å²) < 4.78 is 10.6. The third-order valence-corrected chi connectivity index (χ3v) is 6.01. The first-order valence-corrected chi connectivity index (χ1v) is 11.6. The van der Waals surface area contributed by atoms with Crippen LogP contribution in [0, 0.1) is 0 Å². The summed E-state index contributed by atoms with van der Waals surface area (Å²) in [4.78, 5) is 28.7. The molecular formula is C23H25ClN4O4S. The molecule has 4 rings (SSSR count). The van der Waals surface area contributed by atoms with E-state index in [9.17, 15) is 9.59 Å². The number of halogens is 1. The highest BCUT2D eigenvalue weighted by atomic mass is 35.5. The van der Waals surface area contributed by atoms with Crippen LogP contribution in [0.3, 0.4) is 0 Å². The van der Waals surface area contributed by atoms with Crippen LogP contribution in [-0.2, 0) is 4.79 Å². The van der Waals surface area contributed by atoms with Crippen LogP contribution < -0.4 is 25.0 Å². The van der Waals surface area contributed by atoms with Gasteiger partial charge in [0.25, 0.3) is 5.91 Å². The molecule has 174 valence electrons. The van der Waals surface area contributed by atoms with Crippen LogP contribution in [0.4, 0.5) is 11.4 Å². The van der Waals surface area contributed by atoms with E-state index in [0.29, 0.717) is 47.3 Å². The third kappa shape index (κ3) is 5.48. The maximum Gasteiger partial charge on any atom is 0.257 e. The van der Waals surface area contributed by atoms with Crippen LogP contribution >= 0.6 is 23.8 Å². The summed E-state index contributed by atoms with van der Waals surface area (Å²) in [6.45, 7) is 4.98. The minimum atomic E-state index is -0.357. The quantitative estimate of drug-likeness (QED) is 0.621. The Bertz CT molecular complexity index is 1070. The normalized spacial score (nSPS) is 14.7. The van der Waals surface area contributed by atoms with E-state index in [-0.39, 0.29) is 23.7 Å². The van der Waals surface area contributed by atoms with Gasteiger partial charge in [0.05, 0.1) is 10.7 Å². The molecule has 2 heterocycles. The molecule has 2 amide bonds. The Labute approximate surface area is 202 Å². The van der Waals surface area contributed by atoms with Gasteiger partial charge in [-0.05, 0) is 55.0 Å². The second-order valence-electron chi connectivity index (χ2n) is 7.76. The average Bonchev–Trinajstić information content (AvgIpc) is 3.27. The van der Waals surface area contributed by atoms with Crippen molar-refractivity contribution in [3.8, 4) is 11.5 Å².